The number of likely N-dealkylation sites (tertiary alicyclic amines) is 1. The molecule has 1 aliphatic carbocycles. The molecule has 0 N–H and O–H groups in total. The highest BCUT2D eigenvalue weighted by atomic mass is 16.2. The van der Waals surface area contributed by atoms with E-state index in [1.807, 2.05) is 4.90 Å². The molecule has 1 radical (unpaired) electrons. The van der Waals surface area contributed by atoms with Gasteiger partial charge in [0.1, 0.15) is 0 Å². The molecule has 2 aliphatic rings. The second-order valence-electron chi connectivity index (χ2n) is 3.84. The fourth-order valence-electron chi connectivity index (χ4n) is 1.71. The Kier molecular flexibility index (Phi) is 2.33. The molecule has 1 heterocycles. The summed E-state index contributed by atoms with van der Waals surface area (Å²) in [5.74, 6) is 0.774. The fourth-order valence-corrected chi connectivity index (χ4v) is 1.71. The Morgan fingerprint density at radius 1 is 1.25 bits per heavy atom. The zero-order valence-corrected chi connectivity index (χ0v) is 7.46. The maximum Gasteiger partial charge on any atom is 0.226 e. The van der Waals surface area contributed by atoms with Crippen molar-refractivity contribution in [2.75, 3.05) is 6.54 Å². The highest BCUT2D eigenvalue weighted by Gasteiger charge is 2.33. The van der Waals surface area contributed by atoms with E-state index in [-0.39, 0.29) is 0 Å². The molecule has 0 unspecified atom stereocenters. The molecule has 12 heavy (non-hydrogen) atoms. The van der Waals surface area contributed by atoms with Crippen LogP contribution in [0.4, 0.5) is 0 Å². The van der Waals surface area contributed by atoms with E-state index in [0.717, 1.165) is 25.8 Å². The third-order valence-electron chi connectivity index (χ3n) is 2.66. The normalized spacial score (nSPS) is 25.2. The SMILES string of the molecule is O=C(C1CC1)N1[CH]CCCCC1. The lowest BCUT2D eigenvalue weighted by Crippen LogP contribution is -2.29. The number of hydrogen-bond donors (Lipinski definition) is 0. The molecule has 67 valence electrons. The van der Waals surface area contributed by atoms with E-state index >= 15 is 0 Å². The molecule has 0 spiro atoms. The Bertz CT molecular complexity index is 167. The Hall–Kier alpha value is -0.530. The molecule has 1 aliphatic heterocycles. The van der Waals surface area contributed by atoms with Crippen LogP contribution < -0.4 is 0 Å². The van der Waals surface area contributed by atoms with E-state index in [9.17, 15) is 4.79 Å². The summed E-state index contributed by atoms with van der Waals surface area (Å²) in [6.07, 6.45) is 7.08. The monoisotopic (exact) mass is 166 g/mol. The van der Waals surface area contributed by atoms with Gasteiger partial charge in [0.05, 0.1) is 6.54 Å². The van der Waals surface area contributed by atoms with Crippen LogP contribution in [0, 0.1) is 12.5 Å². The molecule has 1 saturated heterocycles. The van der Waals surface area contributed by atoms with Crippen LogP contribution in [-0.4, -0.2) is 17.4 Å². The first-order valence-electron chi connectivity index (χ1n) is 5.02. The van der Waals surface area contributed by atoms with Gasteiger partial charge in [-0.3, -0.25) is 4.79 Å². The van der Waals surface area contributed by atoms with Gasteiger partial charge in [-0.05, 0) is 25.7 Å². The molecule has 2 heteroatoms. The molecule has 2 rings (SSSR count). The fraction of sp³-hybridized carbons (Fsp3) is 0.800. The minimum Gasteiger partial charge on any atom is -0.337 e. The van der Waals surface area contributed by atoms with Crippen molar-refractivity contribution < 1.29 is 4.79 Å². The van der Waals surface area contributed by atoms with Crippen LogP contribution in [0.25, 0.3) is 0 Å². The standard InChI is InChI=1S/C10H16NO/c12-10(9-5-6-9)11-7-3-1-2-4-8-11/h7,9H,1-6,8H2. The number of hydrogen-bond acceptors (Lipinski definition) is 1. The Labute approximate surface area is 73.9 Å². The van der Waals surface area contributed by atoms with E-state index in [1.165, 1.54) is 19.3 Å². The highest BCUT2D eigenvalue weighted by molar-refractivity contribution is 5.81. The quantitative estimate of drug-likeness (QED) is 0.583. The second kappa shape index (κ2) is 3.46. The first-order chi connectivity index (χ1) is 5.88. The van der Waals surface area contributed by atoms with Gasteiger partial charge in [-0.25, -0.2) is 0 Å². The summed E-state index contributed by atoms with van der Waals surface area (Å²) < 4.78 is 0. The van der Waals surface area contributed by atoms with Crippen molar-refractivity contribution in [1.29, 1.82) is 0 Å². The maximum atomic E-state index is 11.6. The first kappa shape index (κ1) is 8.09. The average Bonchev–Trinajstić information content (AvgIpc) is 2.92. The lowest BCUT2D eigenvalue weighted by Gasteiger charge is -2.19. The van der Waals surface area contributed by atoms with Gasteiger partial charge >= 0.3 is 0 Å². The van der Waals surface area contributed by atoms with Crippen molar-refractivity contribution >= 4 is 5.91 Å². The summed E-state index contributed by atoms with van der Waals surface area (Å²) in [6.45, 7) is 3.07. The number of amides is 1. The predicted molar refractivity (Wildman–Crippen MR) is 47.2 cm³/mol. The summed E-state index contributed by atoms with van der Waals surface area (Å²) in [5, 5.41) is 0. The lowest BCUT2D eigenvalue weighted by atomic mass is 10.2. The molecule has 0 aromatic heterocycles. The summed E-state index contributed by atoms with van der Waals surface area (Å²) in [7, 11) is 0. The molecule has 2 fully saturated rings. The number of nitrogens with zero attached hydrogens (tertiary/aromatic N) is 1. The summed E-state index contributed by atoms with van der Waals surface area (Å²) >= 11 is 0. The van der Waals surface area contributed by atoms with Gasteiger partial charge in [0, 0.05) is 12.5 Å². The molecule has 0 atom stereocenters. The molecule has 1 amide bonds. The summed E-state index contributed by atoms with van der Waals surface area (Å²) in [6, 6.07) is 0. The number of rotatable bonds is 1. The van der Waals surface area contributed by atoms with Crippen LogP contribution in [0.1, 0.15) is 38.5 Å². The number of carbonyl (C=O) groups excluding carboxylic acids is 1. The van der Waals surface area contributed by atoms with Gasteiger partial charge in [-0.2, -0.15) is 0 Å². The van der Waals surface area contributed by atoms with Crippen molar-refractivity contribution in [3.63, 3.8) is 0 Å². The minimum absolute atomic E-state index is 0.386. The Morgan fingerprint density at radius 2 is 2.08 bits per heavy atom. The van der Waals surface area contributed by atoms with Gasteiger partial charge in [0.2, 0.25) is 5.91 Å². The van der Waals surface area contributed by atoms with Crippen LogP contribution in [0.2, 0.25) is 0 Å². The molecular formula is C10H16NO. The average molecular weight is 166 g/mol. The van der Waals surface area contributed by atoms with Gasteiger partial charge in [0.15, 0.2) is 0 Å². The van der Waals surface area contributed by atoms with Crippen LogP contribution >= 0.6 is 0 Å². The largest absolute Gasteiger partial charge is 0.337 e. The van der Waals surface area contributed by atoms with Gasteiger partial charge in [0.25, 0.3) is 0 Å². The van der Waals surface area contributed by atoms with Crippen molar-refractivity contribution in [1.82, 2.24) is 4.90 Å². The summed E-state index contributed by atoms with van der Waals surface area (Å²) in [4.78, 5) is 13.6. The van der Waals surface area contributed by atoms with Crippen LogP contribution in [-0.2, 0) is 4.79 Å². The predicted octanol–water partition coefficient (Wildman–Crippen LogP) is 1.96. The Balaban J connectivity index is 1.87. The van der Waals surface area contributed by atoms with Crippen molar-refractivity contribution in [3.8, 4) is 0 Å². The smallest absolute Gasteiger partial charge is 0.226 e. The van der Waals surface area contributed by atoms with Crippen molar-refractivity contribution in [2.45, 2.75) is 38.5 Å². The first-order valence-corrected chi connectivity index (χ1v) is 5.02. The number of carbonyl (C=O) groups is 1. The maximum absolute atomic E-state index is 11.6. The zero-order valence-electron chi connectivity index (χ0n) is 7.46. The minimum atomic E-state index is 0.386. The summed E-state index contributed by atoms with van der Waals surface area (Å²) in [5.41, 5.74) is 0. The third-order valence-corrected chi connectivity index (χ3v) is 2.66. The topological polar surface area (TPSA) is 20.3 Å². The van der Waals surface area contributed by atoms with Crippen molar-refractivity contribution in [2.24, 2.45) is 5.92 Å². The van der Waals surface area contributed by atoms with Gasteiger partial charge in [-0.1, -0.05) is 12.8 Å². The second-order valence-corrected chi connectivity index (χ2v) is 3.84. The molecule has 0 aromatic carbocycles. The zero-order chi connectivity index (χ0) is 8.39. The Morgan fingerprint density at radius 3 is 2.83 bits per heavy atom. The lowest BCUT2D eigenvalue weighted by molar-refractivity contribution is -0.130. The third kappa shape index (κ3) is 1.79. The van der Waals surface area contributed by atoms with Crippen LogP contribution in [0.3, 0.4) is 0 Å². The highest BCUT2D eigenvalue weighted by Crippen LogP contribution is 2.32. The van der Waals surface area contributed by atoms with E-state index in [1.54, 1.807) is 0 Å². The van der Waals surface area contributed by atoms with E-state index < -0.39 is 0 Å². The van der Waals surface area contributed by atoms with E-state index in [0.29, 0.717) is 11.8 Å². The van der Waals surface area contributed by atoms with Gasteiger partial charge in [-0.15, -0.1) is 0 Å². The van der Waals surface area contributed by atoms with Crippen LogP contribution in [0.15, 0.2) is 0 Å². The van der Waals surface area contributed by atoms with E-state index in [4.69, 9.17) is 0 Å². The molecule has 2 nitrogen and oxygen atoms in total. The van der Waals surface area contributed by atoms with Crippen LogP contribution in [0.5, 0.6) is 0 Å². The molecule has 0 aromatic rings. The molecule has 1 saturated carbocycles. The molecular weight excluding hydrogens is 150 g/mol. The van der Waals surface area contributed by atoms with Gasteiger partial charge < -0.3 is 4.90 Å². The van der Waals surface area contributed by atoms with Crippen molar-refractivity contribution in [3.05, 3.63) is 6.54 Å². The van der Waals surface area contributed by atoms with E-state index in [2.05, 4.69) is 6.54 Å². The molecule has 0 bridgehead atoms.